The largest absolute Gasteiger partial charge is 0.505 e. The number of halogens is 1. The summed E-state index contributed by atoms with van der Waals surface area (Å²) in [6.45, 7) is 10.0. The molecule has 28 heavy (non-hydrogen) atoms. The Morgan fingerprint density at radius 2 is 2.11 bits per heavy atom. The van der Waals surface area contributed by atoms with Crippen LogP contribution in [0.1, 0.15) is 40.8 Å². The van der Waals surface area contributed by atoms with Gasteiger partial charge >= 0.3 is 0 Å². The Hall–Kier alpha value is -2.92. The van der Waals surface area contributed by atoms with E-state index in [0.29, 0.717) is 6.42 Å². The second kappa shape index (κ2) is 7.24. The van der Waals surface area contributed by atoms with Crippen LogP contribution in [0.25, 0.3) is 16.7 Å². The number of benzene rings is 2. The molecule has 1 aliphatic heterocycles. The van der Waals surface area contributed by atoms with Crippen molar-refractivity contribution in [1.29, 1.82) is 0 Å². The van der Waals surface area contributed by atoms with Gasteiger partial charge in [0.1, 0.15) is 5.82 Å². The molecule has 0 fully saturated rings. The summed E-state index contributed by atoms with van der Waals surface area (Å²) < 4.78 is 13.9. The Morgan fingerprint density at radius 1 is 1.29 bits per heavy atom. The lowest BCUT2D eigenvalue weighted by Gasteiger charge is -2.13. The molecule has 1 aliphatic rings. The number of phenolic OH excluding ortho intramolecular Hbond substituents is 1. The molecule has 4 rings (SSSR count). The van der Waals surface area contributed by atoms with Gasteiger partial charge in [0.05, 0.1) is 5.69 Å². The fourth-order valence-electron chi connectivity index (χ4n) is 3.83. The molecular formula is C23H24FN3O. The van der Waals surface area contributed by atoms with E-state index in [1.165, 1.54) is 17.8 Å². The van der Waals surface area contributed by atoms with Crippen LogP contribution in [-0.4, -0.2) is 21.6 Å². The van der Waals surface area contributed by atoms with E-state index in [4.69, 9.17) is 4.98 Å². The van der Waals surface area contributed by atoms with Crippen molar-refractivity contribution in [2.75, 3.05) is 6.54 Å². The van der Waals surface area contributed by atoms with Crippen molar-refractivity contribution in [3.05, 3.63) is 76.6 Å². The highest BCUT2D eigenvalue weighted by atomic mass is 19.1. The molecule has 3 N–H and O–H groups in total. The molecule has 0 spiro atoms. The van der Waals surface area contributed by atoms with Crippen LogP contribution in [-0.2, 0) is 19.4 Å². The van der Waals surface area contributed by atoms with Crippen LogP contribution in [0.2, 0.25) is 0 Å². The highest BCUT2D eigenvalue weighted by Crippen LogP contribution is 2.33. The first-order chi connectivity index (χ1) is 13.5. The van der Waals surface area contributed by atoms with Gasteiger partial charge in [0.25, 0.3) is 0 Å². The van der Waals surface area contributed by atoms with Gasteiger partial charge in [-0.1, -0.05) is 31.7 Å². The number of hydrogen-bond acceptors (Lipinski definition) is 3. The third kappa shape index (κ3) is 3.22. The summed E-state index contributed by atoms with van der Waals surface area (Å²) in [6, 6.07) is 8.94. The average Bonchev–Trinajstić information content (AvgIpc) is 3.13. The number of aromatic nitrogens is 2. The van der Waals surface area contributed by atoms with Crippen LogP contribution in [0.15, 0.2) is 36.9 Å². The Kier molecular flexibility index (Phi) is 4.77. The maximum atomic E-state index is 13.9. The van der Waals surface area contributed by atoms with E-state index >= 15 is 0 Å². The number of phenols is 1. The standard InChI is InChI=1S/C23H24FN3O/c1-4-15-10-22(28)19(24)11-18(15)16-5-6-17(13(2)9-16)14(3)23-26-20-7-8-25-12-21(20)27-23/h5-6,9-11,25,28H,3-4,7-8,12H2,1-2H3,(H,26,27). The topological polar surface area (TPSA) is 60.9 Å². The van der Waals surface area contributed by atoms with E-state index in [1.807, 2.05) is 32.0 Å². The maximum Gasteiger partial charge on any atom is 0.165 e. The van der Waals surface area contributed by atoms with Gasteiger partial charge in [-0.2, -0.15) is 0 Å². The van der Waals surface area contributed by atoms with Crippen LogP contribution in [0.3, 0.4) is 0 Å². The second-order valence-electron chi connectivity index (χ2n) is 7.26. The van der Waals surface area contributed by atoms with Gasteiger partial charge in [0.2, 0.25) is 0 Å². The van der Waals surface area contributed by atoms with Crippen molar-refractivity contribution in [3.63, 3.8) is 0 Å². The van der Waals surface area contributed by atoms with Crippen LogP contribution < -0.4 is 5.32 Å². The van der Waals surface area contributed by atoms with E-state index in [-0.39, 0.29) is 5.75 Å². The van der Waals surface area contributed by atoms with Crippen molar-refractivity contribution in [2.45, 2.75) is 33.2 Å². The van der Waals surface area contributed by atoms with E-state index in [9.17, 15) is 9.50 Å². The molecule has 0 radical (unpaired) electrons. The molecule has 0 aliphatic carbocycles. The molecule has 0 amide bonds. The zero-order valence-corrected chi connectivity index (χ0v) is 16.2. The van der Waals surface area contributed by atoms with Crippen LogP contribution >= 0.6 is 0 Å². The third-order valence-corrected chi connectivity index (χ3v) is 5.41. The number of nitrogens with zero attached hydrogens (tertiary/aromatic N) is 1. The maximum absolute atomic E-state index is 13.9. The smallest absolute Gasteiger partial charge is 0.165 e. The normalized spacial score (nSPS) is 13.4. The Morgan fingerprint density at radius 3 is 2.82 bits per heavy atom. The van der Waals surface area contributed by atoms with E-state index < -0.39 is 5.82 Å². The summed E-state index contributed by atoms with van der Waals surface area (Å²) >= 11 is 0. The van der Waals surface area contributed by atoms with E-state index in [2.05, 4.69) is 16.9 Å². The van der Waals surface area contributed by atoms with Crippen LogP contribution in [0.4, 0.5) is 4.39 Å². The highest BCUT2D eigenvalue weighted by Gasteiger charge is 2.17. The van der Waals surface area contributed by atoms with Gasteiger partial charge in [-0.15, -0.1) is 0 Å². The Bertz CT molecular complexity index is 1040. The lowest BCUT2D eigenvalue weighted by Crippen LogP contribution is -2.23. The van der Waals surface area contributed by atoms with Gasteiger partial charge in [-0.3, -0.25) is 0 Å². The number of rotatable bonds is 4. The average molecular weight is 377 g/mol. The number of aromatic amines is 1. The predicted molar refractivity (Wildman–Crippen MR) is 110 cm³/mol. The molecule has 2 aromatic carbocycles. The van der Waals surface area contributed by atoms with Gasteiger partial charge in [-0.05, 0) is 53.3 Å². The molecule has 0 saturated carbocycles. The minimum Gasteiger partial charge on any atom is -0.505 e. The SMILES string of the molecule is C=C(c1nc2c([nH]1)CCNC2)c1ccc(-c2cc(F)c(O)cc2CC)cc1C. The lowest BCUT2D eigenvalue weighted by atomic mass is 9.93. The number of H-pyrrole nitrogens is 1. The monoisotopic (exact) mass is 377 g/mol. The zero-order chi connectivity index (χ0) is 19.8. The van der Waals surface area contributed by atoms with Crippen molar-refractivity contribution in [2.24, 2.45) is 0 Å². The quantitative estimate of drug-likeness (QED) is 0.627. The summed E-state index contributed by atoms with van der Waals surface area (Å²) in [5, 5.41) is 13.0. The van der Waals surface area contributed by atoms with Gasteiger partial charge in [0, 0.05) is 30.8 Å². The first-order valence-electron chi connectivity index (χ1n) is 9.58. The molecule has 2 heterocycles. The van der Waals surface area contributed by atoms with E-state index in [0.717, 1.165) is 64.4 Å². The Balaban J connectivity index is 1.70. The molecule has 5 heteroatoms. The number of imidazole rings is 1. The van der Waals surface area contributed by atoms with Gasteiger partial charge in [-0.25, -0.2) is 9.37 Å². The molecule has 0 saturated heterocycles. The summed E-state index contributed by atoms with van der Waals surface area (Å²) in [4.78, 5) is 8.11. The first kappa shape index (κ1) is 18.4. The van der Waals surface area contributed by atoms with Crippen molar-refractivity contribution in [3.8, 4) is 16.9 Å². The molecule has 0 bridgehead atoms. The third-order valence-electron chi connectivity index (χ3n) is 5.41. The van der Waals surface area contributed by atoms with Gasteiger partial charge < -0.3 is 15.4 Å². The number of fused-ring (bicyclic) bond motifs is 1. The van der Waals surface area contributed by atoms with Crippen molar-refractivity contribution >= 4 is 5.57 Å². The molecule has 0 atom stereocenters. The molecule has 0 unspecified atom stereocenters. The predicted octanol–water partition coefficient (Wildman–Crippen LogP) is 4.50. The lowest BCUT2D eigenvalue weighted by molar-refractivity contribution is 0.432. The Labute approximate surface area is 164 Å². The van der Waals surface area contributed by atoms with Crippen molar-refractivity contribution in [1.82, 2.24) is 15.3 Å². The second-order valence-corrected chi connectivity index (χ2v) is 7.26. The summed E-state index contributed by atoms with van der Waals surface area (Å²) in [5.74, 6) is -0.110. The first-order valence-corrected chi connectivity index (χ1v) is 9.58. The fraction of sp³-hybridized carbons (Fsp3) is 0.261. The zero-order valence-electron chi connectivity index (χ0n) is 16.2. The molecule has 4 nitrogen and oxygen atoms in total. The minimum absolute atomic E-state index is 0.307. The number of hydrogen-bond donors (Lipinski definition) is 3. The van der Waals surface area contributed by atoms with Crippen LogP contribution in [0.5, 0.6) is 5.75 Å². The summed E-state index contributed by atoms with van der Waals surface area (Å²) in [6.07, 6.45) is 1.66. The molecule has 144 valence electrons. The number of aromatic hydroxyl groups is 1. The highest BCUT2D eigenvalue weighted by molar-refractivity contribution is 5.79. The fourth-order valence-corrected chi connectivity index (χ4v) is 3.83. The molecule has 3 aromatic rings. The van der Waals surface area contributed by atoms with Gasteiger partial charge in [0.15, 0.2) is 11.6 Å². The summed E-state index contributed by atoms with van der Waals surface area (Å²) in [5.41, 5.74) is 7.79. The molecule has 1 aromatic heterocycles. The van der Waals surface area contributed by atoms with Crippen LogP contribution in [0, 0.1) is 12.7 Å². The van der Waals surface area contributed by atoms with Crippen molar-refractivity contribution < 1.29 is 9.50 Å². The van der Waals surface area contributed by atoms with E-state index in [1.54, 1.807) is 0 Å². The number of aryl methyl sites for hydroxylation is 2. The summed E-state index contributed by atoms with van der Waals surface area (Å²) in [7, 11) is 0. The minimum atomic E-state index is -0.604. The number of nitrogens with one attached hydrogen (secondary N) is 2. The molecular weight excluding hydrogens is 353 g/mol.